The number of aliphatic carboxylic acids is 1. The number of aliphatic imine (C=N–C) groups is 1. The van der Waals surface area contributed by atoms with Crippen molar-refractivity contribution in [3.63, 3.8) is 0 Å². The molecule has 3 aliphatic heterocycles. The van der Waals surface area contributed by atoms with E-state index < -0.39 is 75.7 Å². The summed E-state index contributed by atoms with van der Waals surface area (Å²) in [6.45, 7) is 29.7. The molecule has 0 spiro atoms. The van der Waals surface area contributed by atoms with E-state index in [1.54, 1.807) is 128 Å². The van der Waals surface area contributed by atoms with E-state index >= 15 is 0 Å². The fourth-order valence-electron chi connectivity index (χ4n) is 11.8. The summed E-state index contributed by atoms with van der Waals surface area (Å²) in [7, 11) is 5.54. The molecule has 6 rings (SSSR count). The van der Waals surface area contributed by atoms with E-state index in [1.807, 2.05) is 78.0 Å². The molecule has 0 saturated carbocycles. The topological polar surface area (TPSA) is 277 Å². The molecule has 0 aromatic heterocycles. The van der Waals surface area contributed by atoms with Gasteiger partial charge in [-0.15, -0.1) is 0 Å². The van der Waals surface area contributed by atoms with E-state index in [2.05, 4.69) is 22.5 Å². The second-order valence-electron chi connectivity index (χ2n) is 27.3. The molecule has 3 aromatic carbocycles. The maximum atomic E-state index is 13.2. The van der Waals surface area contributed by atoms with Crippen molar-refractivity contribution in [1.82, 2.24) is 25.3 Å². The monoisotopic (exact) mass is 1380 g/mol. The van der Waals surface area contributed by atoms with E-state index in [0.717, 1.165) is 101 Å². The van der Waals surface area contributed by atoms with Gasteiger partial charge in [-0.1, -0.05) is 118 Å². The number of phenolic OH excluding ortho intramolecular Hbond substituents is 1. The standard InChI is InChI=1S/C25H38N2O5.C21H30N2O5.C15H21NO2.C10H17NO3.3H2S/c1-8-25(14-9-10-15-27(7)22(25)29)18-12-11-13-19(16-18)31-23(30)26-20(17(2)3)21(28)32-24(4,5)6;1-5-21(11-6-7-12-23(4)19(21)26)15-9-8-10-16(13-15)28-20(27)22-17(14(2)3)18(24)25;1-3-15(12-7-6-8-13(17)11-12)9-4-5-10-16(2)14(15)18;1-7(2)8(11-6-12)9(13)14-10(3,4)5;;;/h11-13,16-17,20H,8-10,14-15H2,1-7H3,(H,26,30);8-10,13-14,17H,5-7,11-12H2,1-4H3,(H,22,27)(H,24,25);6-8,11,17H,3-5,9-10H2,1-2H3;7-8H,1-5H3;3*1H2/t20-,25?;17-,21?;;8-;;;/m00.0.../s1. The van der Waals surface area contributed by atoms with Gasteiger partial charge >= 0.3 is 30.1 Å². The quantitative estimate of drug-likeness (QED) is 0.0555. The number of carboxylic acid groups (broad SMARTS) is 1. The first-order valence-corrected chi connectivity index (χ1v) is 32.5. The zero-order valence-electron chi connectivity index (χ0n) is 59.5. The van der Waals surface area contributed by atoms with E-state index in [1.165, 1.54) is 6.08 Å². The van der Waals surface area contributed by atoms with Gasteiger partial charge in [0, 0.05) is 40.8 Å². The molecule has 3 fully saturated rings. The van der Waals surface area contributed by atoms with E-state index in [0.29, 0.717) is 18.6 Å². The number of rotatable bonds is 17. The van der Waals surface area contributed by atoms with Gasteiger partial charge in [0.1, 0.15) is 40.5 Å². The third-order valence-electron chi connectivity index (χ3n) is 17.0. The average Bonchev–Trinajstić information content (AvgIpc) is 1.79. The first-order chi connectivity index (χ1) is 43.0. The molecular weight excluding hydrogens is 1270 g/mol. The van der Waals surface area contributed by atoms with Crippen LogP contribution in [0, 0.1) is 17.8 Å². The molecular formula is C71H112N6O15S3. The van der Waals surface area contributed by atoms with Crippen LogP contribution < -0.4 is 20.1 Å². The molecule has 3 saturated heterocycles. The number of carboxylic acids is 1. The van der Waals surface area contributed by atoms with Crippen LogP contribution in [0.2, 0.25) is 0 Å². The minimum atomic E-state index is -1.11. The molecule has 3 aromatic rings. The van der Waals surface area contributed by atoms with Crippen LogP contribution in [0.25, 0.3) is 0 Å². The number of benzene rings is 3. The number of esters is 2. The lowest BCUT2D eigenvalue weighted by molar-refractivity contribution is -0.159. The molecule has 5 amide bonds. The highest BCUT2D eigenvalue weighted by atomic mass is 32.1. The number of nitrogens with one attached hydrogen (secondary N) is 2. The third kappa shape index (κ3) is 25.6. The highest BCUT2D eigenvalue weighted by Gasteiger charge is 2.44. The van der Waals surface area contributed by atoms with Crippen LogP contribution in [0.15, 0.2) is 77.8 Å². The summed E-state index contributed by atoms with van der Waals surface area (Å²) >= 11 is 0. The smallest absolute Gasteiger partial charge is 0.413 e. The van der Waals surface area contributed by atoms with Gasteiger partial charge in [0.25, 0.3) is 0 Å². The molecule has 0 bridgehead atoms. The van der Waals surface area contributed by atoms with Gasteiger partial charge in [-0.25, -0.2) is 28.8 Å². The van der Waals surface area contributed by atoms with Crippen LogP contribution in [0.4, 0.5) is 9.59 Å². The Labute approximate surface area is 585 Å². The second-order valence-corrected chi connectivity index (χ2v) is 27.3. The number of ether oxygens (including phenoxy) is 4. The highest BCUT2D eigenvalue weighted by molar-refractivity contribution is 7.59. The molecule has 3 unspecified atom stereocenters. The van der Waals surface area contributed by atoms with Crippen LogP contribution in [0.5, 0.6) is 17.2 Å². The Bertz CT molecular complexity index is 3040. The van der Waals surface area contributed by atoms with Crippen LogP contribution in [0.3, 0.4) is 0 Å². The summed E-state index contributed by atoms with van der Waals surface area (Å²) < 4.78 is 21.4. The lowest BCUT2D eigenvalue weighted by Gasteiger charge is -2.33. The first-order valence-electron chi connectivity index (χ1n) is 32.5. The Morgan fingerprint density at radius 3 is 1.18 bits per heavy atom. The number of carbonyl (C=O) groups excluding carboxylic acids is 8. The van der Waals surface area contributed by atoms with Crippen molar-refractivity contribution in [3.8, 4) is 17.2 Å². The van der Waals surface area contributed by atoms with E-state index in [-0.39, 0.29) is 87.5 Å². The molecule has 3 aliphatic rings. The van der Waals surface area contributed by atoms with Gasteiger partial charge in [-0.05, 0) is 170 Å². The number of aromatic hydroxyl groups is 1. The van der Waals surface area contributed by atoms with Crippen LogP contribution in [-0.4, -0.2) is 149 Å². The fraction of sp³-hybridized carbons (Fsp3) is 0.620. The molecule has 95 heavy (non-hydrogen) atoms. The summed E-state index contributed by atoms with van der Waals surface area (Å²) in [5.74, 6) is -1.38. The van der Waals surface area contributed by atoms with Crippen molar-refractivity contribution in [3.05, 3.63) is 89.5 Å². The van der Waals surface area contributed by atoms with Crippen molar-refractivity contribution in [1.29, 1.82) is 0 Å². The summed E-state index contributed by atoms with van der Waals surface area (Å²) in [4.78, 5) is 118. The lowest BCUT2D eigenvalue weighted by atomic mass is 9.73. The van der Waals surface area contributed by atoms with Gasteiger partial charge in [-0.3, -0.25) is 14.4 Å². The van der Waals surface area contributed by atoms with Gasteiger partial charge in [0.2, 0.25) is 23.8 Å². The minimum absolute atomic E-state index is 0. The number of phenols is 1. The maximum absolute atomic E-state index is 13.2. The number of likely N-dealkylation sites (N-methyl/N-ethyl adjacent to an activating group) is 3. The normalized spacial score (nSPS) is 19.8. The molecule has 24 heteroatoms. The molecule has 0 aliphatic carbocycles. The predicted octanol–water partition coefficient (Wildman–Crippen LogP) is 12.3. The SMILES string of the molecule is CC(C)[C@H](N=C=O)C(=O)OC(C)(C)C.CCC1(c2cccc(O)c2)CCCCN(C)C1=O.CCC1(c2cccc(OC(=O)N[C@H](C(=O)O)C(C)C)c2)CCCCN(C)C1=O.CCC1(c2cccc(OC(=O)N[C@H](C(=O)OC(C)(C)C)C(C)C)c2)CCCCN(C)C1=O.S.S.S. The van der Waals surface area contributed by atoms with Crippen LogP contribution >= 0.6 is 40.5 Å². The molecule has 534 valence electrons. The lowest BCUT2D eigenvalue weighted by Crippen LogP contribution is -2.48. The minimum Gasteiger partial charge on any atom is -0.508 e. The molecule has 6 atom stereocenters. The zero-order chi connectivity index (χ0) is 69.5. The van der Waals surface area contributed by atoms with Gasteiger partial charge in [-0.2, -0.15) is 45.5 Å². The third-order valence-corrected chi connectivity index (χ3v) is 17.0. The Kier molecular flexibility index (Phi) is 37.2. The number of nitrogens with zero attached hydrogens (tertiary/aromatic N) is 4. The van der Waals surface area contributed by atoms with Crippen molar-refractivity contribution < 1.29 is 72.3 Å². The first kappa shape index (κ1) is 88.2. The number of hydrogen-bond donors (Lipinski definition) is 4. The maximum Gasteiger partial charge on any atom is 0.413 e. The van der Waals surface area contributed by atoms with Crippen molar-refractivity contribution in [2.45, 2.75) is 226 Å². The van der Waals surface area contributed by atoms with Crippen molar-refractivity contribution in [2.75, 3.05) is 40.8 Å². The van der Waals surface area contributed by atoms with Gasteiger partial charge in [0.05, 0.1) is 16.2 Å². The number of carbonyl (C=O) groups is 8. The number of amides is 5. The molecule has 3 heterocycles. The van der Waals surface area contributed by atoms with E-state index in [9.17, 15) is 53.4 Å². The molecule has 0 radical (unpaired) electrons. The van der Waals surface area contributed by atoms with Gasteiger partial charge < -0.3 is 54.5 Å². The van der Waals surface area contributed by atoms with E-state index in [4.69, 9.17) is 18.9 Å². The summed E-state index contributed by atoms with van der Waals surface area (Å²) in [5, 5.41) is 23.9. The second kappa shape index (κ2) is 40.1. The zero-order valence-corrected chi connectivity index (χ0v) is 62.5. The number of hydrogen-bond acceptors (Lipinski definition) is 15. The Morgan fingerprint density at radius 2 is 0.874 bits per heavy atom. The summed E-state index contributed by atoms with van der Waals surface area (Å²) in [6.07, 6.45) is 10.3. The highest BCUT2D eigenvalue weighted by Crippen LogP contribution is 2.41. The Hall–Kier alpha value is -6.75. The molecule has 4 N–H and O–H groups in total. The van der Waals surface area contributed by atoms with Crippen LogP contribution in [-0.2, 0) is 59.3 Å². The van der Waals surface area contributed by atoms with Crippen molar-refractivity contribution in [2.24, 2.45) is 22.7 Å². The predicted molar refractivity (Wildman–Crippen MR) is 384 cm³/mol. The summed E-state index contributed by atoms with van der Waals surface area (Å²) in [5.41, 5.74) is -0.317. The Balaban J connectivity index is 0.00000128. The molecule has 21 nitrogen and oxygen atoms in total. The average molecular weight is 1390 g/mol. The number of isocyanates is 1. The Morgan fingerprint density at radius 1 is 0.537 bits per heavy atom. The number of likely N-dealkylation sites (tertiary alicyclic amines) is 3. The van der Waals surface area contributed by atoms with Gasteiger partial charge in [0.15, 0.2) is 6.04 Å². The summed E-state index contributed by atoms with van der Waals surface area (Å²) in [6, 6.07) is 18.7. The largest absolute Gasteiger partial charge is 0.508 e. The van der Waals surface area contributed by atoms with Crippen LogP contribution in [0.1, 0.15) is 198 Å². The fourth-order valence-corrected chi connectivity index (χ4v) is 11.8. The van der Waals surface area contributed by atoms with Crippen molar-refractivity contribution >= 4 is 94.4 Å².